The van der Waals surface area contributed by atoms with E-state index in [1.165, 1.54) is 70.8 Å². The van der Waals surface area contributed by atoms with Crippen molar-refractivity contribution in [2.45, 2.75) is 83.7 Å². The van der Waals surface area contributed by atoms with Crippen LogP contribution in [0.4, 0.5) is 0 Å². The summed E-state index contributed by atoms with van der Waals surface area (Å²) in [5.41, 5.74) is 0.553. The summed E-state index contributed by atoms with van der Waals surface area (Å²) in [6.07, 6.45) is 13.6. The number of rotatable bonds is 3. The molecule has 0 bridgehead atoms. The number of hydrogen-bond acceptors (Lipinski definition) is 3. The summed E-state index contributed by atoms with van der Waals surface area (Å²) in [5.74, 6) is 3.00. The maximum atomic E-state index is 5.00. The second-order valence-electron chi connectivity index (χ2n) is 8.72. The zero-order valence-electron chi connectivity index (χ0n) is 16.9. The lowest BCUT2D eigenvalue weighted by Gasteiger charge is -2.34. The molecule has 2 aliphatic carbocycles. The van der Waals surface area contributed by atoms with Crippen LogP contribution in [0.5, 0.6) is 0 Å². The molecule has 0 aromatic carbocycles. The quantitative estimate of drug-likeness (QED) is 0.402. The van der Waals surface area contributed by atoms with E-state index in [1.807, 2.05) is 18.5 Å². The van der Waals surface area contributed by atoms with Gasteiger partial charge >= 0.3 is 0 Å². The van der Waals surface area contributed by atoms with E-state index in [0.717, 1.165) is 24.2 Å². The number of halogens is 1. The third kappa shape index (κ3) is 4.77. The van der Waals surface area contributed by atoms with Crippen LogP contribution in [0.15, 0.2) is 4.99 Å². The van der Waals surface area contributed by atoms with Crippen LogP contribution in [0.3, 0.4) is 0 Å². The van der Waals surface area contributed by atoms with Crippen molar-refractivity contribution in [1.29, 1.82) is 0 Å². The van der Waals surface area contributed by atoms with Crippen LogP contribution >= 0.6 is 24.0 Å². The molecule has 7 heteroatoms. The Morgan fingerprint density at radius 2 is 1.85 bits per heavy atom. The first-order chi connectivity index (χ1) is 12.7. The molecule has 3 aliphatic rings. The van der Waals surface area contributed by atoms with Gasteiger partial charge in [0.2, 0.25) is 0 Å². The van der Waals surface area contributed by atoms with Crippen molar-refractivity contribution in [1.82, 2.24) is 25.0 Å². The lowest BCUT2D eigenvalue weighted by Crippen LogP contribution is -2.45. The zero-order chi connectivity index (χ0) is 18.0. The fraction of sp³-hybridized carbons (Fsp3) is 0.850. The summed E-state index contributed by atoms with van der Waals surface area (Å²) >= 11 is 0. The van der Waals surface area contributed by atoms with Crippen molar-refractivity contribution in [2.75, 3.05) is 13.1 Å². The summed E-state index contributed by atoms with van der Waals surface area (Å²) < 4.78 is 2.04. The second kappa shape index (κ2) is 9.09. The van der Waals surface area contributed by atoms with Crippen molar-refractivity contribution in [3.8, 4) is 0 Å². The summed E-state index contributed by atoms with van der Waals surface area (Å²) in [6.45, 7) is 4.93. The van der Waals surface area contributed by atoms with Gasteiger partial charge in [-0.05, 0) is 44.4 Å². The van der Waals surface area contributed by atoms with Gasteiger partial charge in [0.1, 0.15) is 12.4 Å². The molecule has 1 aromatic rings. The molecule has 3 fully saturated rings. The van der Waals surface area contributed by atoms with E-state index in [-0.39, 0.29) is 24.0 Å². The molecule has 6 nitrogen and oxygen atoms in total. The maximum Gasteiger partial charge on any atom is 0.194 e. The van der Waals surface area contributed by atoms with Crippen molar-refractivity contribution in [3.05, 3.63) is 11.6 Å². The number of aryl methyl sites for hydroxylation is 1. The Bertz CT molecular complexity index is 643. The molecular weight excluding hydrogens is 451 g/mol. The van der Waals surface area contributed by atoms with E-state index in [1.54, 1.807) is 0 Å². The molecule has 1 aromatic heterocycles. The summed E-state index contributed by atoms with van der Waals surface area (Å²) in [5, 5.41) is 12.3. The highest BCUT2D eigenvalue weighted by molar-refractivity contribution is 14.0. The summed E-state index contributed by atoms with van der Waals surface area (Å²) in [7, 11) is 2.02. The van der Waals surface area contributed by atoms with Crippen LogP contribution in [0, 0.1) is 12.3 Å². The Labute approximate surface area is 180 Å². The van der Waals surface area contributed by atoms with Crippen molar-refractivity contribution in [3.63, 3.8) is 0 Å². The first-order valence-corrected chi connectivity index (χ1v) is 10.6. The SMILES string of the molecule is Cc1nnc(CN=C(NC2CCCC2)N2CCC3(CCCCC3)C2)n1C.I. The number of likely N-dealkylation sites (tertiary alicyclic amines) is 1. The first kappa shape index (κ1) is 20.9. The number of nitrogens with zero attached hydrogens (tertiary/aromatic N) is 5. The van der Waals surface area contributed by atoms with E-state index in [9.17, 15) is 0 Å². The monoisotopic (exact) mass is 486 g/mol. The first-order valence-electron chi connectivity index (χ1n) is 10.6. The molecule has 1 saturated heterocycles. The molecule has 0 unspecified atom stereocenters. The smallest absolute Gasteiger partial charge is 0.194 e. The molecule has 2 heterocycles. The van der Waals surface area contributed by atoms with Crippen LogP contribution < -0.4 is 5.32 Å². The van der Waals surface area contributed by atoms with Crippen molar-refractivity contribution >= 4 is 29.9 Å². The molecule has 1 aliphatic heterocycles. The fourth-order valence-corrected chi connectivity index (χ4v) is 5.05. The number of nitrogens with one attached hydrogen (secondary N) is 1. The minimum Gasteiger partial charge on any atom is -0.353 e. The van der Waals surface area contributed by atoms with Gasteiger partial charge in [0.15, 0.2) is 11.8 Å². The molecular formula is C20H35IN6. The van der Waals surface area contributed by atoms with E-state index >= 15 is 0 Å². The predicted octanol–water partition coefficient (Wildman–Crippen LogP) is 3.79. The van der Waals surface area contributed by atoms with E-state index in [4.69, 9.17) is 4.99 Å². The van der Waals surface area contributed by atoms with E-state index in [0.29, 0.717) is 18.0 Å². The van der Waals surface area contributed by atoms with Gasteiger partial charge in [-0.2, -0.15) is 0 Å². The highest BCUT2D eigenvalue weighted by atomic mass is 127. The van der Waals surface area contributed by atoms with Gasteiger partial charge in [-0.25, -0.2) is 4.99 Å². The minimum absolute atomic E-state index is 0. The molecule has 0 amide bonds. The predicted molar refractivity (Wildman–Crippen MR) is 119 cm³/mol. The third-order valence-electron chi connectivity index (χ3n) is 6.89. The fourth-order valence-electron chi connectivity index (χ4n) is 5.05. The van der Waals surface area contributed by atoms with Gasteiger partial charge in [0.25, 0.3) is 0 Å². The van der Waals surface area contributed by atoms with E-state index < -0.39 is 0 Å². The van der Waals surface area contributed by atoms with Gasteiger partial charge in [-0.3, -0.25) is 0 Å². The van der Waals surface area contributed by atoms with Gasteiger partial charge in [-0.15, -0.1) is 34.2 Å². The van der Waals surface area contributed by atoms with Crippen LogP contribution in [-0.2, 0) is 13.6 Å². The van der Waals surface area contributed by atoms with Crippen LogP contribution in [0.25, 0.3) is 0 Å². The van der Waals surface area contributed by atoms with Gasteiger partial charge < -0.3 is 14.8 Å². The Morgan fingerprint density at radius 1 is 1.11 bits per heavy atom. The van der Waals surface area contributed by atoms with Crippen molar-refractivity contribution < 1.29 is 0 Å². The summed E-state index contributed by atoms with van der Waals surface area (Å²) in [6, 6.07) is 0.595. The molecule has 27 heavy (non-hydrogen) atoms. The largest absolute Gasteiger partial charge is 0.353 e. The molecule has 1 N–H and O–H groups in total. The molecule has 1 spiro atoms. The number of aliphatic imine (C=N–C) groups is 1. The highest BCUT2D eigenvalue weighted by Crippen LogP contribution is 2.43. The Balaban J connectivity index is 0.00000210. The van der Waals surface area contributed by atoms with Crippen LogP contribution in [0.1, 0.15) is 75.9 Å². The average molecular weight is 486 g/mol. The van der Waals surface area contributed by atoms with Crippen LogP contribution in [-0.4, -0.2) is 44.8 Å². The van der Waals surface area contributed by atoms with Gasteiger partial charge in [-0.1, -0.05) is 32.1 Å². The minimum atomic E-state index is 0. The molecule has 0 radical (unpaired) electrons. The average Bonchev–Trinajstić information content (AvgIpc) is 3.37. The van der Waals surface area contributed by atoms with Crippen molar-refractivity contribution in [2.24, 2.45) is 17.5 Å². The lowest BCUT2D eigenvalue weighted by atomic mass is 9.73. The maximum absolute atomic E-state index is 5.00. The molecule has 2 saturated carbocycles. The number of hydrogen-bond donors (Lipinski definition) is 1. The second-order valence-corrected chi connectivity index (χ2v) is 8.72. The zero-order valence-corrected chi connectivity index (χ0v) is 19.2. The lowest BCUT2D eigenvalue weighted by molar-refractivity contribution is 0.203. The number of aromatic nitrogens is 3. The summed E-state index contributed by atoms with van der Waals surface area (Å²) in [4.78, 5) is 7.53. The Kier molecular flexibility index (Phi) is 7.03. The Hall–Kier alpha value is -0.860. The Morgan fingerprint density at radius 3 is 2.52 bits per heavy atom. The normalized spacial score (nSPS) is 23.0. The third-order valence-corrected chi connectivity index (χ3v) is 6.89. The highest BCUT2D eigenvalue weighted by Gasteiger charge is 2.40. The molecule has 4 rings (SSSR count). The van der Waals surface area contributed by atoms with Gasteiger partial charge in [0.05, 0.1) is 0 Å². The number of guanidine groups is 1. The standard InChI is InChI=1S/C20H34N6.HI/c1-16-23-24-18(25(16)2)14-21-19(22-17-8-4-5-9-17)26-13-12-20(15-26)10-6-3-7-11-20;/h17H,3-15H2,1-2H3,(H,21,22);1H. The molecule has 152 valence electrons. The topological polar surface area (TPSA) is 58.3 Å². The van der Waals surface area contributed by atoms with E-state index in [2.05, 4.69) is 20.4 Å². The van der Waals surface area contributed by atoms with Crippen LogP contribution in [0.2, 0.25) is 0 Å². The van der Waals surface area contributed by atoms with Gasteiger partial charge in [0, 0.05) is 26.2 Å². The molecule has 0 atom stereocenters.